The van der Waals surface area contributed by atoms with Crippen molar-refractivity contribution in [1.29, 1.82) is 0 Å². The first-order valence-electron chi connectivity index (χ1n) is 10.5. The van der Waals surface area contributed by atoms with Crippen LogP contribution in [0.1, 0.15) is 58.0 Å². The molecule has 0 saturated heterocycles. The number of nitrogens with two attached hydrogens (primary N) is 1. The van der Waals surface area contributed by atoms with E-state index in [-0.39, 0.29) is 11.7 Å². The first kappa shape index (κ1) is 20.8. The smallest absolute Gasteiger partial charge is 0.255 e. The summed E-state index contributed by atoms with van der Waals surface area (Å²) in [4.78, 5) is 28.0. The van der Waals surface area contributed by atoms with Gasteiger partial charge in [-0.15, -0.1) is 0 Å². The van der Waals surface area contributed by atoms with E-state index in [0.29, 0.717) is 36.0 Å². The Labute approximate surface area is 181 Å². The van der Waals surface area contributed by atoms with Crippen molar-refractivity contribution in [3.8, 4) is 0 Å². The van der Waals surface area contributed by atoms with Gasteiger partial charge in [-0.2, -0.15) is 0 Å². The molecule has 3 aromatic rings. The third-order valence-corrected chi connectivity index (χ3v) is 5.98. The van der Waals surface area contributed by atoms with E-state index in [1.807, 2.05) is 37.3 Å². The van der Waals surface area contributed by atoms with Gasteiger partial charge in [-0.3, -0.25) is 9.59 Å². The lowest BCUT2D eigenvalue weighted by Gasteiger charge is -2.36. The summed E-state index contributed by atoms with van der Waals surface area (Å²) in [6, 6.07) is 20.0. The number of carbonyl (C=O) groups is 2. The van der Waals surface area contributed by atoms with Crippen molar-refractivity contribution in [3.63, 3.8) is 0 Å². The highest BCUT2D eigenvalue weighted by atomic mass is 19.1. The molecule has 3 aromatic carbocycles. The molecule has 4 rings (SSSR count). The molecule has 0 heterocycles. The average molecular weight is 416 g/mol. The van der Waals surface area contributed by atoms with Gasteiger partial charge in [-0.1, -0.05) is 61.5 Å². The largest absolute Gasteiger partial charge is 0.368 e. The minimum absolute atomic E-state index is 0.251. The highest BCUT2D eigenvalue weighted by Gasteiger charge is 2.40. The summed E-state index contributed by atoms with van der Waals surface area (Å²) in [6.45, 7) is 1.97. The molecule has 0 aliphatic heterocycles. The molecular formula is C26H25FN2O2. The fraction of sp³-hybridized carbons (Fsp3) is 0.231. The van der Waals surface area contributed by atoms with Crippen LogP contribution in [0.4, 0.5) is 4.39 Å². The van der Waals surface area contributed by atoms with Crippen molar-refractivity contribution in [2.75, 3.05) is 0 Å². The Kier molecular flexibility index (Phi) is 5.85. The fourth-order valence-corrected chi connectivity index (χ4v) is 4.47. The van der Waals surface area contributed by atoms with Gasteiger partial charge < -0.3 is 10.6 Å². The van der Waals surface area contributed by atoms with E-state index in [9.17, 15) is 14.0 Å². The highest BCUT2D eigenvalue weighted by molar-refractivity contribution is 5.98. The fourth-order valence-electron chi connectivity index (χ4n) is 4.47. The Bertz CT molecular complexity index is 1100. The van der Waals surface area contributed by atoms with Gasteiger partial charge in [-0.25, -0.2) is 4.39 Å². The molecule has 1 aliphatic carbocycles. The first-order valence-corrected chi connectivity index (χ1v) is 10.5. The van der Waals surface area contributed by atoms with Crippen LogP contribution < -0.4 is 5.73 Å². The van der Waals surface area contributed by atoms with E-state index in [1.165, 1.54) is 0 Å². The van der Waals surface area contributed by atoms with Gasteiger partial charge in [0, 0.05) is 5.56 Å². The lowest BCUT2D eigenvalue weighted by atomic mass is 9.96. The third-order valence-electron chi connectivity index (χ3n) is 5.98. The third kappa shape index (κ3) is 3.96. The molecule has 4 nitrogen and oxygen atoms in total. The number of carbonyl (C=O) groups excluding carboxylic acids is 2. The van der Waals surface area contributed by atoms with Crippen molar-refractivity contribution in [1.82, 2.24) is 4.90 Å². The minimum Gasteiger partial charge on any atom is -0.368 e. The molecule has 31 heavy (non-hydrogen) atoms. The van der Waals surface area contributed by atoms with Gasteiger partial charge >= 0.3 is 0 Å². The summed E-state index contributed by atoms with van der Waals surface area (Å²) in [7, 11) is 0. The molecule has 0 spiro atoms. The van der Waals surface area contributed by atoms with Crippen molar-refractivity contribution in [3.05, 3.63) is 106 Å². The average Bonchev–Trinajstić information content (AvgIpc) is 3.22. The van der Waals surface area contributed by atoms with Crippen LogP contribution >= 0.6 is 0 Å². The number of halogens is 1. The quantitative estimate of drug-likeness (QED) is 0.631. The number of fused-ring (bicyclic) bond motifs is 1. The van der Waals surface area contributed by atoms with Crippen LogP contribution in [0.15, 0.2) is 72.8 Å². The SMILES string of the molecule is CCc1cc(F)c2c(c1)[C@H](N(C(=O)c1ccccc1)C(C(N)=O)c1ccccc1)CC2. The first-order chi connectivity index (χ1) is 15.0. The summed E-state index contributed by atoms with van der Waals surface area (Å²) >= 11 is 0. The lowest BCUT2D eigenvalue weighted by Crippen LogP contribution is -2.43. The molecule has 0 saturated carbocycles. The summed E-state index contributed by atoms with van der Waals surface area (Å²) in [5.41, 5.74) is 9.20. The number of hydrogen-bond donors (Lipinski definition) is 1. The van der Waals surface area contributed by atoms with Gasteiger partial charge in [0.1, 0.15) is 11.9 Å². The maximum atomic E-state index is 14.8. The van der Waals surface area contributed by atoms with Crippen LogP contribution in [0, 0.1) is 5.82 Å². The van der Waals surface area contributed by atoms with Crippen molar-refractivity contribution >= 4 is 11.8 Å². The number of amides is 2. The second kappa shape index (κ2) is 8.72. The molecule has 2 amide bonds. The van der Waals surface area contributed by atoms with E-state index < -0.39 is 18.0 Å². The van der Waals surface area contributed by atoms with E-state index in [0.717, 1.165) is 11.1 Å². The maximum absolute atomic E-state index is 14.8. The molecule has 158 valence electrons. The molecule has 0 bridgehead atoms. The second-order valence-electron chi connectivity index (χ2n) is 7.85. The van der Waals surface area contributed by atoms with Crippen molar-refractivity contribution in [2.24, 2.45) is 5.73 Å². The number of rotatable bonds is 6. The number of aryl methyl sites for hydroxylation is 1. The normalized spacial score (nSPS) is 15.9. The summed E-state index contributed by atoms with van der Waals surface area (Å²) < 4.78 is 14.8. The van der Waals surface area contributed by atoms with Gasteiger partial charge in [0.15, 0.2) is 0 Å². The van der Waals surface area contributed by atoms with Crippen LogP contribution in [0.2, 0.25) is 0 Å². The maximum Gasteiger partial charge on any atom is 0.255 e. The van der Waals surface area contributed by atoms with Gasteiger partial charge in [0.05, 0.1) is 6.04 Å². The van der Waals surface area contributed by atoms with Crippen molar-refractivity contribution < 1.29 is 14.0 Å². The number of primary amides is 1. The van der Waals surface area contributed by atoms with E-state index >= 15 is 0 Å². The Morgan fingerprint density at radius 1 is 1.06 bits per heavy atom. The summed E-state index contributed by atoms with van der Waals surface area (Å²) in [5, 5.41) is 0. The predicted molar refractivity (Wildman–Crippen MR) is 118 cm³/mol. The Hall–Kier alpha value is -3.47. The lowest BCUT2D eigenvalue weighted by molar-refractivity contribution is -0.123. The zero-order valence-corrected chi connectivity index (χ0v) is 17.4. The van der Waals surface area contributed by atoms with Crippen molar-refractivity contribution in [2.45, 2.75) is 38.3 Å². The summed E-state index contributed by atoms with van der Waals surface area (Å²) in [6.07, 6.45) is 1.73. The molecule has 2 atom stereocenters. The van der Waals surface area contributed by atoms with Crippen LogP contribution in [-0.2, 0) is 17.6 Å². The zero-order chi connectivity index (χ0) is 22.0. The molecule has 0 fully saturated rings. The topological polar surface area (TPSA) is 63.4 Å². The molecule has 5 heteroatoms. The second-order valence-corrected chi connectivity index (χ2v) is 7.85. The molecule has 1 aliphatic rings. The number of benzene rings is 3. The summed E-state index contributed by atoms with van der Waals surface area (Å²) in [5.74, 6) is -1.16. The van der Waals surface area contributed by atoms with Gasteiger partial charge in [0.2, 0.25) is 5.91 Å². The highest BCUT2D eigenvalue weighted by Crippen LogP contribution is 2.42. The van der Waals surface area contributed by atoms with E-state index in [4.69, 9.17) is 5.73 Å². The van der Waals surface area contributed by atoms with Crippen LogP contribution in [0.5, 0.6) is 0 Å². The van der Waals surface area contributed by atoms with Gasteiger partial charge in [0.25, 0.3) is 5.91 Å². The standard InChI is InChI=1S/C26H25FN2O2/c1-2-17-15-21-20(22(27)16-17)13-14-23(21)29(26(31)19-11-7-4-8-12-19)24(25(28)30)18-9-5-3-6-10-18/h3-12,15-16,23-24H,2,13-14H2,1H3,(H2,28,30)/t23-,24?/m1/s1. The van der Waals surface area contributed by atoms with Crippen LogP contribution in [0.25, 0.3) is 0 Å². The monoisotopic (exact) mass is 416 g/mol. The number of hydrogen-bond acceptors (Lipinski definition) is 2. The molecule has 0 radical (unpaired) electrons. The van der Waals surface area contributed by atoms with Crippen LogP contribution in [-0.4, -0.2) is 16.7 Å². The molecule has 2 N–H and O–H groups in total. The predicted octanol–water partition coefficient (Wildman–Crippen LogP) is 4.74. The molecule has 0 aromatic heterocycles. The molecular weight excluding hydrogens is 391 g/mol. The minimum atomic E-state index is -0.960. The Morgan fingerprint density at radius 2 is 1.71 bits per heavy atom. The molecule has 1 unspecified atom stereocenters. The Balaban J connectivity index is 1.88. The van der Waals surface area contributed by atoms with Gasteiger partial charge in [-0.05, 0) is 59.7 Å². The zero-order valence-electron chi connectivity index (χ0n) is 17.4. The van der Waals surface area contributed by atoms with Crippen LogP contribution in [0.3, 0.4) is 0 Å². The van der Waals surface area contributed by atoms with E-state index in [1.54, 1.807) is 47.4 Å². The number of nitrogens with zero attached hydrogens (tertiary/aromatic N) is 1. The Morgan fingerprint density at radius 3 is 2.32 bits per heavy atom. The van der Waals surface area contributed by atoms with E-state index in [2.05, 4.69) is 0 Å².